The van der Waals surface area contributed by atoms with E-state index >= 15 is 0 Å². The fraction of sp³-hybridized carbons (Fsp3) is 0.357. The average molecular weight is 278 g/mol. The predicted molar refractivity (Wildman–Crippen MR) is 76.8 cm³/mol. The first kappa shape index (κ1) is 12.5. The highest BCUT2D eigenvalue weighted by Crippen LogP contribution is 2.25. The van der Waals surface area contributed by atoms with Crippen LogP contribution in [0.3, 0.4) is 0 Å². The van der Waals surface area contributed by atoms with Gasteiger partial charge in [-0.15, -0.1) is 12.4 Å². The summed E-state index contributed by atoms with van der Waals surface area (Å²) < 4.78 is 0. The Labute approximate surface area is 117 Å². The molecule has 3 heterocycles. The highest BCUT2D eigenvalue weighted by Gasteiger charge is 2.40. The second kappa shape index (κ2) is 4.54. The first-order valence-corrected chi connectivity index (χ1v) is 6.43. The van der Waals surface area contributed by atoms with Crippen LogP contribution in [-0.2, 0) is 0 Å². The Morgan fingerprint density at radius 1 is 1.32 bits per heavy atom. The van der Waals surface area contributed by atoms with E-state index in [1.165, 1.54) is 0 Å². The minimum atomic E-state index is 0. The number of aromatic nitrogens is 1. The van der Waals surface area contributed by atoms with Crippen molar-refractivity contribution in [3.8, 4) is 0 Å². The number of carbonyl (C=O) groups is 1. The smallest absolute Gasteiger partial charge is 0.270 e. The normalized spacial score (nSPS) is 24.7. The van der Waals surface area contributed by atoms with Gasteiger partial charge in [-0.2, -0.15) is 0 Å². The first-order valence-electron chi connectivity index (χ1n) is 6.43. The molecule has 2 atom stereocenters. The predicted octanol–water partition coefficient (Wildman–Crippen LogP) is 1.78. The number of hydrogen-bond acceptors (Lipinski definition) is 2. The number of piperazine rings is 1. The van der Waals surface area contributed by atoms with Crippen molar-refractivity contribution in [1.82, 2.24) is 15.2 Å². The van der Waals surface area contributed by atoms with Gasteiger partial charge in [0.25, 0.3) is 5.91 Å². The molecule has 4 rings (SSSR count). The lowest BCUT2D eigenvalue weighted by Gasteiger charge is -2.26. The van der Waals surface area contributed by atoms with E-state index in [9.17, 15) is 4.79 Å². The maximum absolute atomic E-state index is 12.5. The molecule has 4 nitrogen and oxygen atoms in total. The fourth-order valence-electron chi connectivity index (χ4n) is 3.15. The number of nitrogens with one attached hydrogen (secondary N) is 2. The summed E-state index contributed by atoms with van der Waals surface area (Å²) in [6.45, 7) is 1.79. The van der Waals surface area contributed by atoms with Gasteiger partial charge in [0.2, 0.25) is 0 Å². The molecule has 100 valence electrons. The van der Waals surface area contributed by atoms with Gasteiger partial charge in [0.15, 0.2) is 0 Å². The van der Waals surface area contributed by atoms with Crippen LogP contribution in [-0.4, -0.2) is 41.0 Å². The number of H-pyrrole nitrogens is 1. The monoisotopic (exact) mass is 277 g/mol. The van der Waals surface area contributed by atoms with Crippen molar-refractivity contribution in [3.63, 3.8) is 0 Å². The Morgan fingerprint density at radius 2 is 2.16 bits per heavy atom. The maximum Gasteiger partial charge on any atom is 0.270 e. The molecule has 2 aliphatic heterocycles. The van der Waals surface area contributed by atoms with Crippen LogP contribution in [0.15, 0.2) is 30.3 Å². The van der Waals surface area contributed by atoms with Crippen LogP contribution in [0.1, 0.15) is 16.9 Å². The number of hydrogen-bond donors (Lipinski definition) is 2. The molecule has 2 bridgehead atoms. The van der Waals surface area contributed by atoms with Gasteiger partial charge in [0.1, 0.15) is 5.69 Å². The molecule has 0 aliphatic carbocycles. The third kappa shape index (κ3) is 1.91. The van der Waals surface area contributed by atoms with Crippen LogP contribution in [0.2, 0.25) is 0 Å². The highest BCUT2D eigenvalue weighted by molar-refractivity contribution is 5.98. The Kier molecular flexibility index (Phi) is 2.99. The summed E-state index contributed by atoms with van der Waals surface area (Å²) in [7, 11) is 0. The molecule has 0 unspecified atom stereocenters. The van der Waals surface area contributed by atoms with Crippen molar-refractivity contribution in [2.24, 2.45) is 0 Å². The molecule has 2 saturated heterocycles. The van der Waals surface area contributed by atoms with Crippen molar-refractivity contribution < 1.29 is 4.79 Å². The molecule has 5 heteroatoms. The van der Waals surface area contributed by atoms with Crippen molar-refractivity contribution in [3.05, 3.63) is 36.0 Å². The van der Waals surface area contributed by atoms with E-state index in [1.807, 2.05) is 35.2 Å². The van der Waals surface area contributed by atoms with E-state index < -0.39 is 0 Å². The zero-order valence-corrected chi connectivity index (χ0v) is 11.2. The lowest BCUT2D eigenvalue weighted by Crippen LogP contribution is -2.46. The molecule has 2 aromatic rings. The summed E-state index contributed by atoms with van der Waals surface area (Å²) in [4.78, 5) is 17.7. The molecule has 1 amide bonds. The van der Waals surface area contributed by atoms with Crippen LogP contribution in [0.5, 0.6) is 0 Å². The van der Waals surface area contributed by atoms with E-state index in [0.29, 0.717) is 17.8 Å². The number of rotatable bonds is 1. The van der Waals surface area contributed by atoms with Gasteiger partial charge < -0.3 is 15.2 Å². The third-order valence-electron chi connectivity index (χ3n) is 4.08. The number of halogens is 1. The Morgan fingerprint density at radius 3 is 2.84 bits per heavy atom. The number of para-hydroxylation sites is 1. The van der Waals surface area contributed by atoms with Crippen LogP contribution < -0.4 is 5.32 Å². The molecule has 2 aliphatic rings. The third-order valence-corrected chi connectivity index (χ3v) is 4.08. The average Bonchev–Trinajstić information content (AvgIpc) is 3.11. The maximum atomic E-state index is 12.5. The summed E-state index contributed by atoms with van der Waals surface area (Å²) in [5, 5.41) is 4.52. The van der Waals surface area contributed by atoms with E-state index in [4.69, 9.17) is 0 Å². The van der Waals surface area contributed by atoms with Crippen LogP contribution in [0, 0.1) is 0 Å². The minimum Gasteiger partial charge on any atom is -0.351 e. The molecule has 0 spiro atoms. The fourth-order valence-corrected chi connectivity index (χ4v) is 3.15. The number of likely N-dealkylation sites (tertiary alicyclic amines) is 1. The molecule has 0 saturated carbocycles. The topological polar surface area (TPSA) is 48.1 Å². The molecular formula is C14H16ClN3O. The van der Waals surface area contributed by atoms with E-state index in [0.717, 1.165) is 30.4 Å². The van der Waals surface area contributed by atoms with Gasteiger partial charge in [-0.3, -0.25) is 4.79 Å². The van der Waals surface area contributed by atoms with Crippen LogP contribution in [0.25, 0.3) is 10.9 Å². The summed E-state index contributed by atoms with van der Waals surface area (Å²) >= 11 is 0. The van der Waals surface area contributed by atoms with Crippen molar-refractivity contribution in [2.75, 3.05) is 13.1 Å². The number of benzene rings is 1. The van der Waals surface area contributed by atoms with Crippen molar-refractivity contribution >= 4 is 29.2 Å². The van der Waals surface area contributed by atoms with Gasteiger partial charge in [-0.25, -0.2) is 0 Å². The number of fused-ring (bicyclic) bond motifs is 3. The van der Waals surface area contributed by atoms with Crippen LogP contribution in [0.4, 0.5) is 0 Å². The molecule has 1 aromatic heterocycles. The number of carbonyl (C=O) groups excluding carboxylic acids is 1. The standard InChI is InChI=1S/C14H15N3O.ClH/c18-14(17-8-10-6-11(17)7-15-10)13-5-9-3-1-2-4-12(9)16-13;/h1-5,10-11,15-16H,6-8H2;1H/t10-,11-;/m0./s1. The van der Waals surface area contributed by atoms with E-state index in [2.05, 4.69) is 10.3 Å². The first-order chi connectivity index (χ1) is 8.81. The number of amides is 1. The molecule has 2 N–H and O–H groups in total. The second-order valence-electron chi connectivity index (χ2n) is 5.22. The summed E-state index contributed by atoms with van der Waals surface area (Å²) in [5.74, 6) is 0.139. The molecule has 2 fully saturated rings. The lowest BCUT2D eigenvalue weighted by molar-refractivity contribution is 0.0711. The summed E-state index contributed by atoms with van der Waals surface area (Å²) in [6.07, 6.45) is 1.10. The van der Waals surface area contributed by atoms with Gasteiger partial charge in [-0.05, 0) is 18.6 Å². The molecular weight excluding hydrogens is 262 g/mol. The van der Waals surface area contributed by atoms with Gasteiger partial charge >= 0.3 is 0 Å². The van der Waals surface area contributed by atoms with Gasteiger partial charge in [0, 0.05) is 36.1 Å². The van der Waals surface area contributed by atoms with Crippen LogP contribution >= 0.6 is 12.4 Å². The van der Waals surface area contributed by atoms with Gasteiger partial charge in [0.05, 0.1) is 0 Å². The second-order valence-corrected chi connectivity index (χ2v) is 5.22. The van der Waals surface area contributed by atoms with E-state index in [1.54, 1.807) is 0 Å². The van der Waals surface area contributed by atoms with Crippen molar-refractivity contribution in [1.29, 1.82) is 0 Å². The summed E-state index contributed by atoms with van der Waals surface area (Å²) in [6, 6.07) is 10.8. The SMILES string of the molecule is Cl.O=C(c1cc2ccccc2[nH]1)N1C[C@@H]2C[C@H]1CN2. The molecule has 1 aromatic carbocycles. The zero-order chi connectivity index (χ0) is 12.1. The van der Waals surface area contributed by atoms with Gasteiger partial charge in [-0.1, -0.05) is 18.2 Å². The lowest BCUT2D eigenvalue weighted by atomic mass is 10.2. The quantitative estimate of drug-likeness (QED) is 0.835. The molecule has 0 radical (unpaired) electrons. The Bertz CT molecular complexity index is 591. The largest absolute Gasteiger partial charge is 0.351 e. The number of nitrogens with zero attached hydrogens (tertiary/aromatic N) is 1. The summed E-state index contributed by atoms with van der Waals surface area (Å²) in [5.41, 5.74) is 1.74. The zero-order valence-electron chi connectivity index (χ0n) is 10.4. The van der Waals surface area contributed by atoms with E-state index in [-0.39, 0.29) is 18.3 Å². The van der Waals surface area contributed by atoms with Crippen molar-refractivity contribution in [2.45, 2.75) is 18.5 Å². The molecule has 19 heavy (non-hydrogen) atoms. The Hall–Kier alpha value is -1.52. The Balaban J connectivity index is 0.00000110. The minimum absolute atomic E-state index is 0. The highest BCUT2D eigenvalue weighted by atomic mass is 35.5. The number of aromatic amines is 1.